The van der Waals surface area contributed by atoms with Gasteiger partial charge in [-0.05, 0) is 18.8 Å². The van der Waals surface area contributed by atoms with Crippen LogP contribution in [0.3, 0.4) is 0 Å². The number of aliphatic hydroxyl groups is 1. The van der Waals surface area contributed by atoms with Crippen molar-refractivity contribution in [1.82, 2.24) is 4.90 Å². The Morgan fingerprint density at radius 1 is 1.50 bits per heavy atom. The van der Waals surface area contributed by atoms with Gasteiger partial charge in [0.25, 0.3) is 0 Å². The van der Waals surface area contributed by atoms with Crippen LogP contribution in [0.5, 0.6) is 0 Å². The number of aliphatic hydroxyl groups excluding tert-OH is 1. The normalized spacial score (nSPS) is 28.2. The summed E-state index contributed by atoms with van der Waals surface area (Å²) in [5.41, 5.74) is 0. The van der Waals surface area contributed by atoms with E-state index in [4.69, 9.17) is 0 Å². The molecule has 0 aromatic carbocycles. The van der Waals surface area contributed by atoms with E-state index in [1.807, 2.05) is 0 Å². The number of nitrogens with zero attached hydrogens (tertiary/aromatic N) is 1. The first kappa shape index (κ1) is 10.0. The molecule has 1 heterocycles. The summed E-state index contributed by atoms with van der Waals surface area (Å²) in [5.74, 6) is 0.709. The fourth-order valence-electron chi connectivity index (χ4n) is 2.22. The molecule has 2 atom stereocenters. The molecule has 1 N–H and O–H groups in total. The van der Waals surface area contributed by atoms with Crippen molar-refractivity contribution in [3.8, 4) is 0 Å². The molecule has 0 aliphatic carbocycles. The van der Waals surface area contributed by atoms with Crippen molar-refractivity contribution in [2.75, 3.05) is 13.1 Å². The predicted octanol–water partition coefficient (Wildman–Crippen LogP) is 1.49. The fourth-order valence-corrected chi connectivity index (χ4v) is 2.22. The summed E-state index contributed by atoms with van der Waals surface area (Å²) >= 11 is 0. The van der Waals surface area contributed by atoms with Gasteiger partial charge in [0.1, 0.15) is 0 Å². The van der Waals surface area contributed by atoms with E-state index in [1.54, 1.807) is 0 Å². The van der Waals surface area contributed by atoms with E-state index in [-0.39, 0.29) is 6.10 Å². The highest BCUT2D eigenvalue weighted by atomic mass is 16.3. The van der Waals surface area contributed by atoms with E-state index in [0.717, 1.165) is 19.5 Å². The highest BCUT2D eigenvalue weighted by Crippen LogP contribution is 2.19. The first-order valence-electron chi connectivity index (χ1n) is 5.07. The van der Waals surface area contributed by atoms with Gasteiger partial charge in [0.05, 0.1) is 6.10 Å². The third-order valence-corrected chi connectivity index (χ3v) is 2.85. The molecule has 1 fully saturated rings. The van der Waals surface area contributed by atoms with E-state index in [1.165, 1.54) is 6.42 Å². The molecular weight excluding hydrogens is 150 g/mol. The molecule has 1 saturated heterocycles. The molecule has 2 unspecified atom stereocenters. The third kappa shape index (κ3) is 2.20. The van der Waals surface area contributed by atoms with Crippen LogP contribution in [0.15, 0.2) is 0 Å². The van der Waals surface area contributed by atoms with E-state index in [2.05, 4.69) is 25.7 Å². The van der Waals surface area contributed by atoms with Crippen LogP contribution < -0.4 is 0 Å². The van der Waals surface area contributed by atoms with Crippen LogP contribution in [-0.4, -0.2) is 35.2 Å². The smallest absolute Gasteiger partial charge is 0.0679 e. The zero-order valence-corrected chi connectivity index (χ0v) is 8.45. The second-order valence-electron chi connectivity index (χ2n) is 4.16. The minimum absolute atomic E-state index is 0.0715. The second kappa shape index (κ2) is 4.24. The SMILES string of the molecule is CCC(C(C)C)N1CCC(O)C1. The second-order valence-corrected chi connectivity index (χ2v) is 4.16. The van der Waals surface area contributed by atoms with Crippen LogP contribution in [0.2, 0.25) is 0 Å². The number of hydrogen-bond acceptors (Lipinski definition) is 2. The molecule has 0 aromatic heterocycles. The fraction of sp³-hybridized carbons (Fsp3) is 1.00. The summed E-state index contributed by atoms with van der Waals surface area (Å²) < 4.78 is 0. The predicted molar refractivity (Wildman–Crippen MR) is 51.1 cm³/mol. The van der Waals surface area contributed by atoms with Crippen LogP contribution in [0.25, 0.3) is 0 Å². The average Bonchev–Trinajstić information content (AvgIpc) is 2.37. The molecule has 0 aromatic rings. The number of hydrogen-bond donors (Lipinski definition) is 1. The molecule has 72 valence electrons. The third-order valence-electron chi connectivity index (χ3n) is 2.85. The molecule has 2 heteroatoms. The lowest BCUT2D eigenvalue weighted by atomic mass is 10.0. The molecule has 1 rings (SSSR count). The summed E-state index contributed by atoms with van der Waals surface area (Å²) in [6.07, 6.45) is 2.09. The molecule has 0 radical (unpaired) electrons. The van der Waals surface area contributed by atoms with Gasteiger partial charge >= 0.3 is 0 Å². The summed E-state index contributed by atoms with van der Waals surface area (Å²) in [7, 11) is 0. The van der Waals surface area contributed by atoms with Gasteiger partial charge < -0.3 is 5.11 Å². The van der Waals surface area contributed by atoms with Crippen molar-refractivity contribution in [2.24, 2.45) is 5.92 Å². The Bertz CT molecular complexity index is 136. The number of β-amino-alcohol motifs (C(OH)–C–C–N with tert-alkyl or cyclic N) is 1. The molecule has 2 nitrogen and oxygen atoms in total. The molecular formula is C10H21NO. The molecule has 0 saturated carbocycles. The maximum absolute atomic E-state index is 9.38. The lowest BCUT2D eigenvalue weighted by Gasteiger charge is -2.29. The molecule has 0 spiro atoms. The molecule has 0 amide bonds. The number of likely N-dealkylation sites (tertiary alicyclic amines) is 1. The van der Waals surface area contributed by atoms with Gasteiger partial charge in [-0.3, -0.25) is 4.90 Å². The van der Waals surface area contributed by atoms with Gasteiger partial charge in [0, 0.05) is 19.1 Å². The van der Waals surface area contributed by atoms with Gasteiger partial charge in [-0.2, -0.15) is 0 Å². The topological polar surface area (TPSA) is 23.5 Å². The van der Waals surface area contributed by atoms with Crippen molar-refractivity contribution >= 4 is 0 Å². The zero-order valence-electron chi connectivity index (χ0n) is 8.45. The van der Waals surface area contributed by atoms with Crippen LogP contribution in [0, 0.1) is 5.92 Å². The van der Waals surface area contributed by atoms with Gasteiger partial charge in [0.2, 0.25) is 0 Å². The lowest BCUT2D eigenvalue weighted by molar-refractivity contribution is 0.138. The summed E-state index contributed by atoms with van der Waals surface area (Å²) in [6.45, 7) is 8.72. The Labute approximate surface area is 75.6 Å². The van der Waals surface area contributed by atoms with Gasteiger partial charge in [-0.1, -0.05) is 20.8 Å². The minimum Gasteiger partial charge on any atom is -0.392 e. The zero-order chi connectivity index (χ0) is 9.14. The Hall–Kier alpha value is -0.0800. The first-order chi connectivity index (χ1) is 5.65. The largest absolute Gasteiger partial charge is 0.392 e. The molecule has 0 bridgehead atoms. The molecule has 12 heavy (non-hydrogen) atoms. The van der Waals surface area contributed by atoms with Crippen molar-refractivity contribution < 1.29 is 5.11 Å². The van der Waals surface area contributed by atoms with Crippen molar-refractivity contribution in [3.63, 3.8) is 0 Å². The quantitative estimate of drug-likeness (QED) is 0.695. The highest BCUT2D eigenvalue weighted by Gasteiger charge is 2.27. The maximum atomic E-state index is 9.38. The van der Waals surface area contributed by atoms with E-state index >= 15 is 0 Å². The first-order valence-corrected chi connectivity index (χ1v) is 5.07. The Balaban J connectivity index is 2.44. The van der Waals surface area contributed by atoms with Gasteiger partial charge in [0.15, 0.2) is 0 Å². The van der Waals surface area contributed by atoms with E-state index < -0.39 is 0 Å². The standard InChI is InChI=1S/C10H21NO/c1-4-10(8(2)3)11-6-5-9(12)7-11/h8-10,12H,4-7H2,1-3H3. The van der Waals surface area contributed by atoms with Gasteiger partial charge in [-0.15, -0.1) is 0 Å². The van der Waals surface area contributed by atoms with E-state index in [9.17, 15) is 5.11 Å². The maximum Gasteiger partial charge on any atom is 0.0679 e. The summed E-state index contributed by atoms with van der Waals surface area (Å²) in [6, 6.07) is 0.669. The summed E-state index contributed by atoms with van der Waals surface area (Å²) in [5, 5.41) is 9.38. The minimum atomic E-state index is -0.0715. The van der Waals surface area contributed by atoms with Crippen LogP contribution in [0.1, 0.15) is 33.6 Å². The summed E-state index contributed by atoms with van der Waals surface area (Å²) in [4.78, 5) is 2.43. The Morgan fingerprint density at radius 2 is 2.17 bits per heavy atom. The number of rotatable bonds is 3. The van der Waals surface area contributed by atoms with E-state index in [0.29, 0.717) is 12.0 Å². The van der Waals surface area contributed by atoms with Crippen LogP contribution in [-0.2, 0) is 0 Å². The Kier molecular flexibility index (Phi) is 3.53. The van der Waals surface area contributed by atoms with Crippen molar-refractivity contribution in [3.05, 3.63) is 0 Å². The van der Waals surface area contributed by atoms with Gasteiger partial charge in [-0.25, -0.2) is 0 Å². The lowest BCUT2D eigenvalue weighted by Crippen LogP contribution is -2.37. The molecule has 1 aliphatic rings. The molecule has 1 aliphatic heterocycles. The van der Waals surface area contributed by atoms with Crippen LogP contribution >= 0.6 is 0 Å². The van der Waals surface area contributed by atoms with Crippen molar-refractivity contribution in [2.45, 2.75) is 45.8 Å². The van der Waals surface area contributed by atoms with Crippen LogP contribution in [0.4, 0.5) is 0 Å². The Morgan fingerprint density at radius 3 is 2.50 bits per heavy atom. The highest BCUT2D eigenvalue weighted by molar-refractivity contribution is 4.81. The monoisotopic (exact) mass is 171 g/mol. The van der Waals surface area contributed by atoms with Crippen molar-refractivity contribution in [1.29, 1.82) is 0 Å². The average molecular weight is 171 g/mol.